The zero-order valence-electron chi connectivity index (χ0n) is 11.0. The van der Waals surface area contributed by atoms with Gasteiger partial charge in [-0.2, -0.15) is 0 Å². The van der Waals surface area contributed by atoms with Gasteiger partial charge in [-0.25, -0.2) is 4.79 Å². The van der Waals surface area contributed by atoms with Crippen LogP contribution < -0.4 is 0 Å². The molecule has 1 aliphatic carbocycles. The van der Waals surface area contributed by atoms with Gasteiger partial charge in [0.25, 0.3) is 0 Å². The Hall–Kier alpha value is -0.990. The van der Waals surface area contributed by atoms with Crippen LogP contribution in [0.4, 0.5) is 4.79 Å². The Morgan fingerprint density at radius 2 is 2.06 bits per heavy atom. The van der Waals surface area contributed by atoms with Crippen LogP contribution in [-0.2, 0) is 4.74 Å². The van der Waals surface area contributed by atoms with E-state index in [0.717, 1.165) is 25.0 Å². The fourth-order valence-electron chi connectivity index (χ4n) is 1.89. The molecule has 3 nitrogen and oxygen atoms in total. The van der Waals surface area contributed by atoms with Crippen LogP contribution >= 0.6 is 0 Å². The third-order valence-corrected chi connectivity index (χ3v) is 3.18. The second-order valence-electron chi connectivity index (χ2n) is 5.77. The van der Waals surface area contributed by atoms with Crippen molar-refractivity contribution in [2.45, 2.75) is 40.0 Å². The molecule has 0 aromatic rings. The molecule has 1 atom stereocenters. The topological polar surface area (TPSA) is 29.5 Å². The summed E-state index contributed by atoms with van der Waals surface area (Å²) in [7, 11) is 3.40. The second-order valence-corrected chi connectivity index (χ2v) is 5.77. The van der Waals surface area contributed by atoms with Gasteiger partial charge in [0.05, 0.1) is 0 Å². The van der Waals surface area contributed by atoms with Gasteiger partial charge in [-0.1, -0.05) is 20.8 Å². The minimum atomic E-state index is -0.277. The Kier molecular flexibility index (Phi) is 4.00. The average molecular weight is 225 g/mol. The van der Waals surface area contributed by atoms with Crippen LogP contribution in [0.25, 0.3) is 0 Å². The molecule has 0 saturated carbocycles. The van der Waals surface area contributed by atoms with Crippen molar-refractivity contribution in [1.29, 1.82) is 0 Å². The molecule has 0 aromatic heterocycles. The molecule has 1 aliphatic rings. The number of hydrogen-bond donors (Lipinski definition) is 0. The molecule has 16 heavy (non-hydrogen) atoms. The van der Waals surface area contributed by atoms with Crippen LogP contribution in [0.15, 0.2) is 11.8 Å². The summed E-state index contributed by atoms with van der Waals surface area (Å²) in [6, 6.07) is 0. The minimum absolute atomic E-state index is 0.277. The highest BCUT2D eigenvalue weighted by Gasteiger charge is 2.27. The molecule has 0 aromatic carbocycles. The van der Waals surface area contributed by atoms with Gasteiger partial charge in [-0.15, -0.1) is 0 Å². The Balaban J connectivity index is 2.50. The molecule has 1 amide bonds. The van der Waals surface area contributed by atoms with E-state index in [0.29, 0.717) is 11.3 Å². The van der Waals surface area contributed by atoms with Gasteiger partial charge in [0.1, 0.15) is 5.76 Å². The molecule has 1 rings (SSSR count). The van der Waals surface area contributed by atoms with Crippen molar-refractivity contribution in [3.8, 4) is 0 Å². The lowest BCUT2D eigenvalue weighted by atomic mass is 9.74. The van der Waals surface area contributed by atoms with Gasteiger partial charge in [-0.05, 0) is 30.3 Å². The number of rotatable bonds is 1. The number of amides is 1. The van der Waals surface area contributed by atoms with Gasteiger partial charge in [-0.3, -0.25) is 0 Å². The van der Waals surface area contributed by atoms with E-state index in [4.69, 9.17) is 4.74 Å². The normalized spacial score (nSPS) is 21.3. The van der Waals surface area contributed by atoms with E-state index in [2.05, 4.69) is 26.8 Å². The van der Waals surface area contributed by atoms with Crippen LogP contribution in [0, 0.1) is 11.3 Å². The van der Waals surface area contributed by atoms with Gasteiger partial charge >= 0.3 is 6.09 Å². The lowest BCUT2D eigenvalue weighted by Gasteiger charge is -2.32. The maximum Gasteiger partial charge on any atom is 0.414 e. The standard InChI is InChI=1S/C13H23NO2/c1-13(2,3)10-6-8-11(9-7-10)16-12(15)14(4)5/h8,10H,6-7,9H2,1-5H3. The van der Waals surface area contributed by atoms with Crippen molar-refractivity contribution in [1.82, 2.24) is 4.90 Å². The lowest BCUT2D eigenvalue weighted by molar-refractivity contribution is 0.134. The van der Waals surface area contributed by atoms with Gasteiger partial charge in [0.15, 0.2) is 0 Å². The first kappa shape index (κ1) is 13.1. The summed E-state index contributed by atoms with van der Waals surface area (Å²) in [6.45, 7) is 6.80. The Morgan fingerprint density at radius 3 is 2.44 bits per heavy atom. The smallest absolute Gasteiger partial charge is 0.414 e. The third kappa shape index (κ3) is 3.54. The Bertz CT molecular complexity index is 287. The van der Waals surface area contributed by atoms with Gasteiger partial charge in [0.2, 0.25) is 0 Å². The van der Waals surface area contributed by atoms with Crippen molar-refractivity contribution in [3.63, 3.8) is 0 Å². The molecule has 0 radical (unpaired) electrons. The molecule has 0 fully saturated rings. The molecule has 1 unspecified atom stereocenters. The van der Waals surface area contributed by atoms with E-state index in [9.17, 15) is 4.79 Å². The van der Waals surface area contributed by atoms with Crippen LogP contribution in [0.1, 0.15) is 40.0 Å². The SMILES string of the molecule is CN(C)C(=O)OC1=CCC(C(C)(C)C)CC1. The summed E-state index contributed by atoms with van der Waals surface area (Å²) >= 11 is 0. The highest BCUT2D eigenvalue weighted by Crippen LogP contribution is 2.37. The predicted molar refractivity (Wildman–Crippen MR) is 65.0 cm³/mol. The van der Waals surface area contributed by atoms with Crippen LogP contribution in [0.3, 0.4) is 0 Å². The first-order chi connectivity index (χ1) is 7.30. The van der Waals surface area contributed by atoms with Crippen LogP contribution in [0.5, 0.6) is 0 Å². The first-order valence-corrected chi connectivity index (χ1v) is 5.89. The number of nitrogens with zero attached hydrogens (tertiary/aromatic N) is 1. The van der Waals surface area contributed by atoms with Gasteiger partial charge < -0.3 is 9.64 Å². The molecular weight excluding hydrogens is 202 g/mol. The summed E-state index contributed by atoms with van der Waals surface area (Å²) in [5.41, 5.74) is 0.341. The fraction of sp³-hybridized carbons (Fsp3) is 0.769. The number of ether oxygens (including phenoxy) is 1. The van der Waals surface area contributed by atoms with Crippen molar-refractivity contribution >= 4 is 6.09 Å². The van der Waals surface area contributed by atoms with Crippen molar-refractivity contribution in [2.75, 3.05) is 14.1 Å². The summed E-state index contributed by atoms with van der Waals surface area (Å²) in [5.74, 6) is 1.52. The molecular formula is C13H23NO2. The third-order valence-electron chi connectivity index (χ3n) is 3.18. The van der Waals surface area contributed by atoms with E-state index in [1.54, 1.807) is 14.1 Å². The minimum Gasteiger partial charge on any atom is -0.415 e. The molecule has 3 heteroatoms. The largest absolute Gasteiger partial charge is 0.415 e. The maximum absolute atomic E-state index is 11.4. The van der Waals surface area contributed by atoms with Crippen LogP contribution in [0.2, 0.25) is 0 Å². The lowest BCUT2D eigenvalue weighted by Crippen LogP contribution is -2.25. The first-order valence-electron chi connectivity index (χ1n) is 5.89. The molecule has 0 bridgehead atoms. The van der Waals surface area contributed by atoms with Crippen molar-refractivity contribution < 1.29 is 9.53 Å². The van der Waals surface area contributed by atoms with E-state index in [1.165, 1.54) is 4.90 Å². The average Bonchev–Trinajstić information content (AvgIpc) is 2.17. The van der Waals surface area contributed by atoms with E-state index in [-0.39, 0.29) is 6.09 Å². The molecule has 0 spiro atoms. The maximum atomic E-state index is 11.4. The van der Waals surface area contributed by atoms with E-state index in [1.807, 2.05) is 0 Å². The predicted octanol–water partition coefficient (Wildman–Crippen LogP) is 3.41. The number of carbonyl (C=O) groups is 1. The fourth-order valence-corrected chi connectivity index (χ4v) is 1.89. The summed E-state index contributed by atoms with van der Waals surface area (Å²) in [6.07, 6.45) is 4.79. The van der Waals surface area contributed by atoms with E-state index < -0.39 is 0 Å². The zero-order valence-corrected chi connectivity index (χ0v) is 11.0. The number of hydrogen-bond acceptors (Lipinski definition) is 2. The monoisotopic (exact) mass is 225 g/mol. The van der Waals surface area contributed by atoms with Crippen molar-refractivity contribution in [2.24, 2.45) is 11.3 Å². The van der Waals surface area contributed by atoms with Crippen LogP contribution in [-0.4, -0.2) is 25.1 Å². The molecule has 0 saturated heterocycles. The molecule has 0 N–H and O–H groups in total. The Labute approximate surface area is 98.5 Å². The van der Waals surface area contributed by atoms with E-state index >= 15 is 0 Å². The number of allylic oxidation sites excluding steroid dienone is 2. The summed E-state index contributed by atoms with van der Waals surface area (Å²) in [4.78, 5) is 12.8. The molecule has 92 valence electrons. The van der Waals surface area contributed by atoms with Gasteiger partial charge in [0, 0.05) is 20.5 Å². The summed E-state index contributed by atoms with van der Waals surface area (Å²) in [5, 5.41) is 0. The van der Waals surface area contributed by atoms with Crippen molar-refractivity contribution in [3.05, 3.63) is 11.8 Å². The highest BCUT2D eigenvalue weighted by atomic mass is 16.6. The second kappa shape index (κ2) is 4.89. The number of carbonyl (C=O) groups excluding carboxylic acids is 1. The Morgan fingerprint density at radius 1 is 1.44 bits per heavy atom. The molecule has 0 heterocycles. The quantitative estimate of drug-likeness (QED) is 0.684. The molecule has 0 aliphatic heterocycles. The summed E-state index contributed by atoms with van der Waals surface area (Å²) < 4.78 is 5.26. The highest BCUT2D eigenvalue weighted by molar-refractivity contribution is 5.68. The zero-order chi connectivity index (χ0) is 12.3.